The number of esters is 4. The van der Waals surface area contributed by atoms with Gasteiger partial charge in [0.25, 0.3) is 0 Å². The normalized spacial score (nSPS) is 11.4. The maximum Gasteiger partial charge on any atom is 0.322 e. The molecule has 37 heavy (non-hydrogen) atoms. The summed E-state index contributed by atoms with van der Waals surface area (Å²) in [6.07, 6.45) is -0.507. The van der Waals surface area contributed by atoms with Gasteiger partial charge in [-0.1, -0.05) is 80.4 Å². The molecule has 0 atom stereocenters. The van der Waals surface area contributed by atoms with Gasteiger partial charge in [0.1, 0.15) is 41.5 Å². The maximum absolute atomic E-state index is 12.0. The molecule has 0 bridgehead atoms. The van der Waals surface area contributed by atoms with Gasteiger partial charge < -0.3 is 18.9 Å². The standard InChI is InChI=1S/C27H30Br2O8/c1-26(2,28)24(32)36-16-20-9-5-18(6-10-20)14-34-22(30)13-23(31)35-15-19-7-11-21(12-8-19)17-37-25(33)27(3,4)29/h5-12H,13-17H2,1-4H3. The third-order valence-corrected chi connectivity index (χ3v) is 5.49. The number of hydrogen-bond donors (Lipinski definition) is 0. The lowest BCUT2D eigenvalue weighted by atomic mass is 10.1. The number of ether oxygens (including phenoxy) is 4. The van der Waals surface area contributed by atoms with Crippen LogP contribution in [0.1, 0.15) is 56.4 Å². The van der Waals surface area contributed by atoms with Gasteiger partial charge in [-0.25, -0.2) is 0 Å². The molecule has 200 valence electrons. The average molecular weight is 642 g/mol. The Morgan fingerprint density at radius 3 is 1.03 bits per heavy atom. The lowest BCUT2D eigenvalue weighted by Crippen LogP contribution is -2.26. The minimum Gasteiger partial charge on any atom is -0.460 e. The molecule has 0 aromatic heterocycles. The smallest absolute Gasteiger partial charge is 0.322 e. The molecule has 2 aromatic rings. The van der Waals surface area contributed by atoms with Gasteiger partial charge in [-0.05, 0) is 49.9 Å². The van der Waals surface area contributed by atoms with E-state index in [-0.39, 0.29) is 38.4 Å². The minimum absolute atomic E-state index is 0.00108. The van der Waals surface area contributed by atoms with Crippen LogP contribution in [0.3, 0.4) is 0 Å². The Kier molecular flexibility index (Phi) is 11.3. The molecule has 0 N–H and O–H groups in total. The Morgan fingerprint density at radius 1 is 0.541 bits per heavy atom. The molecule has 0 radical (unpaired) electrons. The molecule has 2 rings (SSSR count). The molecule has 0 saturated heterocycles. The first-order chi connectivity index (χ1) is 17.2. The largest absolute Gasteiger partial charge is 0.460 e. The molecule has 0 unspecified atom stereocenters. The van der Waals surface area contributed by atoms with Gasteiger partial charge in [0.2, 0.25) is 0 Å². The number of alkyl halides is 2. The molecule has 8 nitrogen and oxygen atoms in total. The van der Waals surface area contributed by atoms with Crippen LogP contribution >= 0.6 is 31.9 Å². The first-order valence-electron chi connectivity index (χ1n) is 11.4. The summed E-state index contributed by atoms with van der Waals surface area (Å²) in [6, 6.07) is 14.1. The highest BCUT2D eigenvalue weighted by Crippen LogP contribution is 2.20. The lowest BCUT2D eigenvalue weighted by Gasteiger charge is -2.15. The van der Waals surface area contributed by atoms with E-state index in [2.05, 4.69) is 31.9 Å². The SMILES string of the molecule is CC(C)(Br)C(=O)OCc1ccc(COC(=O)CC(=O)OCc2ccc(COC(=O)C(C)(C)Br)cc2)cc1. The second-order valence-electron chi connectivity index (χ2n) is 9.23. The number of halogens is 2. The number of benzene rings is 2. The number of carbonyl (C=O) groups is 4. The van der Waals surface area contributed by atoms with Crippen molar-refractivity contribution in [2.45, 2.75) is 69.2 Å². The Bertz CT molecular complexity index is 994. The highest BCUT2D eigenvalue weighted by molar-refractivity contribution is 9.10. The van der Waals surface area contributed by atoms with Crippen molar-refractivity contribution in [3.8, 4) is 0 Å². The summed E-state index contributed by atoms with van der Waals surface area (Å²) < 4.78 is 19.2. The van der Waals surface area contributed by atoms with Crippen molar-refractivity contribution in [3.05, 3.63) is 70.8 Å². The fourth-order valence-electron chi connectivity index (χ4n) is 2.65. The minimum atomic E-state index is -0.754. The van der Waals surface area contributed by atoms with Crippen molar-refractivity contribution in [2.24, 2.45) is 0 Å². The van der Waals surface area contributed by atoms with Crippen LogP contribution in [0.5, 0.6) is 0 Å². The van der Waals surface area contributed by atoms with E-state index in [0.717, 1.165) is 22.3 Å². The Labute approximate surface area is 233 Å². The van der Waals surface area contributed by atoms with Crippen LogP contribution in [0.2, 0.25) is 0 Å². The molecular formula is C27H30Br2O8. The van der Waals surface area contributed by atoms with Crippen molar-refractivity contribution < 1.29 is 38.1 Å². The summed E-state index contributed by atoms with van der Waals surface area (Å²) in [5.74, 6) is -2.14. The maximum atomic E-state index is 12.0. The lowest BCUT2D eigenvalue weighted by molar-refractivity contribution is -0.156. The third kappa shape index (κ3) is 11.5. The van der Waals surface area contributed by atoms with Crippen LogP contribution in [-0.2, 0) is 64.6 Å². The van der Waals surface area contributed by atoms with Crippen LogP contribution in [0.15, 0.2) is 48.5 Å². The van der Waals surface area contributed by atoms with Crippen molar-refractivity contribution in [1.82, 2.24) is 0 Å². The highest BCUT2D eigenvalue weighted by atomic mass is 79.9. The summed E-state index contributed by atoms with van der Waals surface area (Å²) in [5, 5.41) is 0. The van der Waals surface area contributed by atoms with E-state index in [1.165, 1.54) is 0 Å². The first-order valence-corrected chi connectivity index (χ1v) is 13.0. The van der Waals surface area contributed by atoms with Crippen molar-refractivity contribution in [3.63, 3.8) is 0 Å². The molecule has 0 fully saturated rings. The topological polar surface area (TPSA) is 105 Å². The average Bonchev–Trinajstić information content (AvgIpc) is 2.83. The predicted molar refractivity (Wildman–Crippen MR) is 143 cm³/mol. The van der Waals surface area contributed by atoms with Crippen LogP contribution < -0.4 is 0 Å². The number of rotatable bonds is 12. The second kappa shape index (κ2) is 13.7. The Hall–Kier alpha value is -2.72. The summed E-state index contributed by atoms with van der Waals surface area (Å²) >= 11 is 6.50. The summed E-state index contributed by atoms with van der Waals surface area (Å²) in [7, 11) is 0. The molecular weight excluding hydrogens is 612 g/mol. The number of carbonyl (C=O) groups excluding carboxylic acids is 4. The molecule has 0 saturated carbocycles. The monoisotopic (exact) mass is 640 g/mol. The second-order valence-corrected chi connectivity index (χ2v) is 13.2. The Morgan fingerprint density at radius 2 is 0.784 bits per heavy atom. The molecule has 0 aliphatic heterocycles. The molecule has 0 spiro atoms. The number of hydrogen-bond acceptors (Lipinski definition) is 8. The molecule has 10 heteroatoms. The van der Waals surface area contributed by atoms with E-state index in [0.29, 0.717) is 0 Å². The van der Waals surface area contributed by atoms with Crippen LogP contribution in [-0.4, -0.2) is 32.5 Å². The molecule has 0 aliphatic rings. The molecule has 0 heterocycles. The predicted octanol–water partition coefficient (Wildman–Crippen LogP) is 5.30. The zero-order valence-corrected chi connectivity index (χ0v) is 24.3. The molecule has 2 aromatic carbocycles. The highest BCUT2D eigenvalue weighted by Gasteiger charge is 2.26. The fraction of sp³-hybridized carbons (Fsp3) is 0.407. The Balaban J connectivity index is 1.69. The third-order valence-electron chi connectivity index (χ3n) is 4.84. The first kappa shape index (κ1) is 30.5. The van der Waals surface area contributed by atoms with Gasteiger partial charge in [-0.3, -0.25) is 19.2 Å². The summed E-state index contributed by atoms with van der Waals surface area (Å²) in [5.41, 5.74) is 3.03. The zero-order chi connectivity index (χ0) is 27.6. The summed E-state index contributed by atoms with van der Waals surface area (Å²) in [6.45, 7) is 7.07. The fourth-order valence-corrected chi connectivity index (χ4v) is 2.88. The van der Waals surface area contributed by atoms with E-state index in [9.17, 15) is 19.2 Å². The van der Waals surface area contributed by atoms with Gasteiger partial charge in [0.05, 0.1) is 0 Å². The van der Waals surface area contributed by atoms with Crippen molar-refractivity contribution in [1.29, 1.82) is 0 Å². The van der Waals surface area contributed by atoms with Gasteiger partial charge in [-0.15, -0.1) is 0 Å². The van der Waals surface area contributed by atoms with E-state index in [4.69, 9.17) is 18.9 Å². The van der Waals surface area contributed by atoms with Gasteiger partial charge in [-0.2, -0.15) is 0 Å². The van der Waals surface area contributed by atoms with Gasteiger partial charge in [0.15, 0.2) is 0 Å². The quantitative estimate of drug-likeness (QED) is 0.133. The van der Waals surface area contributed by atoms with Crippen LogP contribution in [0.25, 0.3) is 0 Å². The molecule has 0 aliphatic carbocycles. The van der Waals surface area contributed by atoms with Crippen LogP contribution in [0, 0.1) is 0 Å². The van der Waals surface area contributed by atoms with E-state index >= 15 is 0 Å². The summed E-state index contributed by atoms with van der Waals surface area (Å²) in [4.78, 5) is 47.6. The van der Waals surface area contributed by atoms with Gasteiger partial charge in [0, 0.05) is 0 Å². The zero-order valence-electron chi connectivity index (χ0n) is 21.2. The van der Waals surface area contributed by atoms with Gasteiger partial charge >= 0.3 is 23.9 Å². The van der Waals surface area contributed by atoms with E-state index in [1.54, 1.807) is 76.2 Å². The van der Waals surface area contributed by atoms with E-state index in [1.807, 2.05) is 0 Å². The van der Waals surface area contributed by atoms with Crippen molar-refractivity contribution >= 4 is 55.7 Å². The molecule has 0 amide bonds. The van der Waals surface area contributed by atoms with Crippen LogP contribution in [0.4, 0.5) is 0 Å². The van der Waals surface area contributed by atoms with E-state index < -0.39 is 27.0 Å². The van der Waals surface area contributed by atoms with Crippen molar-refractivity contribution in [2.75, 3.05) is 0 Å².